The third kappa shape index (κ3) is 2.31. The Morgan fingerprint density at radius 2 is 2.06 bits per heavy atom. The molecule has 0 bridgehead atoms. The lowest BCUT2D eigenvalue weighted by atomic mass is 9.82. The lowest BCUT2D eigenvalue weighted by molar-refractivity contribution is -0.110. The minimum Gasteiger partial charge on any atom is -0.386 e. The van der Waals surface area contributed by atoms with Crippen molar-refractivity contribution in [3.05, 3.63) is 33.8 Å². The first-order valence-corrected chi connectivity index (χ1v) is 6.90. The molecule has 1 aromatic rings. The lowest BCUT2D eigenvalue weighted by Gasteiger charge is -2.49. The monoisotopic (exact) mass is 311 g/mol. The quantitative estimate of drug-likeness (QED) is 0.912. The van der Waals surface area contributed by atoms with Crippen molar-refractivity contribution in [1.29, 1.82) is 0 Å². The second kappa shape index (κ2) is 4.67. The Balaban J connectivity index is 2.08. The third-order valence-electron chi connectivity index (χ3n) is 3.71. The number of β-amino-alcohol motifs (C(OH)–C–C–N with tert-alkyl or cyclic N) is 1. The maximum Gasteiger partial charge on any atom is 0.254 e. The third-order valence-corrected chi connectivity index (χ3v) is 4.56. The number of carbonyl (C=O) groups excluding carboxylic acids is 1. The minimum absolute atomic E-state index is 0.0129. The molecule has 1 fully saturated rings. The number of hydrogen-bond donors (Lipinski definition) is 1. The summed E-state index contributed by atoms with van der Waals surface area (Å²) in [6.45, 7) is 6.79. The van der Waals surface area contributed by atoms with Crippen LogP contribution in [0.1, 0.15) is 29.8 Å². The van der Waals surface area contributed by atoms with Crippen LogP contribution in [0.3, 0.4) is 0 Å². The standard InChI is InChI=1S/C14H18BrNO2/c1-9(2)14(18)7-16(8-14)13(17)11-5-4-10(3)12(15)6-11/h4-6,9,18H,7-8H2,1-3H3. The van der Waals surface area contributed by atoms with E-state index in [0.29, 0.717) is 18.7 Å². The molecular formula is C14H18BrNO2. The van der Waals surface area contributed by atoms with Crippen molar-refractivity contribution in [1.82, 2.24) is 4.90 Å². The summed E-state index contributed by atoms with van der Waals surface area (Å²) >= 11 is 3.43. The van der Waals surface area contributed by atoms with Gasteiger partial charge in [-0.15, -0.1) is 0 Å². The molecule has 4 heteroatoms. The maximum absolute atomic E-state index is 12.2. The Bertz CT molecular complexity index is 479. The summed E-state index contributed by atoms with van der Waals surface area (Å²) < 4.78 is 0.938. The number of rotatable bonds is 2. The molecule has 0 aliphatic carbocycles. The van der Waals surface area contributed by atoms with Crippen molar-refractivity contribution in [3.8, 4) is 0 Å². The van der Waals surface area contributed by atoms with Crippen molar-refractivity contribution in [2.24, 2.45) is 5.92 Å². The van der Waals surface area contributed by atoms with Gasteiger partial charge < -0.3 is 10.0 Å². The Morgan fingerprint density at radius 1 is 1.44 bits per heavy atom. The molecule has 1 saturated heterocycles. The summed E-state index contributed by atoms with van der Waals surface area (Å²) in [6.07, 6.45) is 0. The van der Waals surface area contributed by atoms with Crippen LogP contribution in [0.15, 0.2) is 22.7 Å². The van der Waals surface area contributed by atoms with Crippen LogP contribution >= 0.6 is 15.9 Å². The van der Waals surface area contributed by atoms with Crippen LogP contribution < -0.4 is 0 Å². The van der Waals surface area contributed by atoms with Gasteiger partial charge in [0.1, 0.15) is 5.60 Å². The molecule has 98 valence electrons. The average molecular weight is 312 g/mol. The number of likely N-dealkylation sites (tertiary alicyclic amines) is 1. The van der Waals surface area contributed by atoms with Gasteiger partial charge in [0.25, 0.3) is 5.91 Å². The van der Waals surface area contributed by atoms with Gasteiger partial charge >= 0.3 is 0 Å². The molecule has 18 heavy (non-hydrogen) atoms. The van der Waals surface area contributed by atoms with Crippen molar-refractivity contribution in [2.75, 3.05) is 13.1 Å². The summed E-state index contributed by atoms with van der Waals surface area (Å²) in [6, 6.07) is 5.59. The molecule has 2 rings (SSSR count). The smallest absolute Gasteiger partial charge is 0.254 e. The van der Waals surface area contributed by atoms with Crippen molar-refractivity contribution >= 4 is 21.8 Å². The van der Waals surface area contributed by atoms with Gasteiger partial charge in [0, 0.05) is 10.0 Å². The number of carbonyl (C=O) groups is 1. The highest BCUT2D eigenvalue weighted by atomic mass is 79.9. The summed E-state index contributed by atoms with van der Waals surface area (Å²) in [4.78, 5) is 13.9. The Labute approximate surface area is 116 Å². The molecule has 0 atom stereocenters. The Hall–Kier alpha value is -0.870. The first-order chi connectivity index (χ1) is 8.33. The summed E-state index contributed by atoms with van der Waals surface area (Å²) in [5.74, 6) is 0.160. The highest BCUT2D eigenvalue weighted by Crippen LogP contribution is 2.30. The minimum atomic E-state index is -0.711. The first-order valence-electron chi connectivity index (χ1n) is 6.11. The van der Waals surface area contributed by atoms with Crippen molar-refractivity contribution < 1.29 is 9.90 Å². The molecule has 0 unspecified atom stereocenters. The molecule has 0 spiro atoms. The molecule has 0 saturated carbocycles. The molecule has 0 radical (unpaired) electrons. The second-order valence-electron chi connectivity index (χ2n) is 5.38. The van der Waals surface area contributed by atoms with Crippen LogP contribution in [0.2, 0.25) is 0 Å². The molecule has 1 aliphatic rings. The molecule has 1 N–H and O–H groups in total. The molecule has 1 amide bonds. The van der Waals surface area contributed by atoms with Crippen LogP contribution in [0.4, 0.5) is 0 Å². The fraction of sp³-hybridized carbons (Fsp3) is 0.500. The number of halogens is 1. The van der Waals surface area contributed by atoms with Crippen molar-refractivity contribution in [2.45, 2.75) is 26.4 Å². The van der Waals surface area contributed by atoms with E-state index in [1.165, 1.54) is 0 Å². The predicted molar refractivity (Wildman–Crippen MR) is 74.6 cm³/mol. The van der Waals surface area contributed by atoms with E-state index >= 15 is 0 Å². The van der Waals surface area contributed by atoms with Gasteiger partial charge in [-0.1, -0.05) is 35.8 Å². The molecule has 1 heterocycles. The van der Waals surface area contributed by atoms with E-state index in [0.717, 1.165) is 10.0 Å². The van der Waals surface area contributed by atoms with Crippen LogP contribution in [-0.2, 0) is 0 Å². The number of amides is 1. The van der Waals surface area contributed by atoms with E-state index in [4.69, 9.17) is 0 Å². The van der Waals surface area contributed by atoms with Gasteiger partial charge in [-0.2, -0.15) is 0 Å². The van der Waals surface area contributed by atoms with Gasteiger partial charge in [-0.25, -0.2) is 0 Å². The number of hydrogen-bond acceptors (Lipinski definition) is 2. The number of nitrogens with zero attached hydrogens (tertiary/aromatic N) is 1. The zero-order chi connectivity index (χ0) is 13.5. The zero-order valence-electron chi connectivity index (χ0n) is 10.9. The predicted octanol–water partition coefficient (Wildman–Crippen LogP) is 2.60. The van der Waals surface area contributed by atoms with Gasteiger partial charge in [-0.3, -0.25) is 4.79 Å². The highest BCUT2D eigenvalue weighted by Gasteiger charge is 2.45. The van der Waals surface area contributed by atoms with E-state index in [2.05, 4.69) is 15.9 Å². The van der Waals surface area contributed by atoms with Crippen molar-refractivity contribution in [3.63, 3.8) is 0 Å². The van der Waals surface area contributed by atoms with E-state index < -0.39 is 5.60 Å². The Morgan fingerprint density at radius 3 is 2.56 bits per heavy atom. The molecule has 0 aromatic heterocycles. The molecule has 1 aromatic carbocycles. The lowest BCUT2D eigenvalue weighted by Crippen LogP contribution is -2.65. The number of aryl methyl sites for hydroxylation is 1. The second-order valence-corrected chi connectivity index (χ2v) is 6.24. The van der Waals surface area contributed by atoms with Gasteiger partial charge in [0.2, 0.25) is 0 Å². The van der Waals surface area contributed by atoms with Crippen LogP contribution in [0.25, 0.3) is 0 Å². The first kappa shape index (κ1) is 13.6. The molecule has 3 nitrogen and oxygen atoms in total. The fourth-order valence-corrected chi connectivity index (χ4v) is 2.41. The number of aliphatic hydroxyl groups is 1. The van der Waals surface area contributed by atoms with E-state index in [1.807, 2.05) is 39.0 Å². The van der Waals surface area contributed by atoms with Crippen LogP contribution in [-0.4, -0.2) is 34.6 Å². The van der Waals surface area contributed by atoms with E-state index in [9.17, 15) is 9.90 Å². The van der Waals surface area contributed by atoms with Gasteiger partial charge in [0.05, 0.1) is 13.1 Å². The number of benzene rings is 1. The summed E-state index contributed by atoms with van der Waals surface area (Å²) in [7, 11) is 0. The highest BCUT2D eigenvalue weighted by molar-refractivity contribution is 9.10. The fourth-order valence-electron chi connectivity index (χ4n) is 2.03. The normalized spacial score (nSPS) is 17.8. The van der Waals surface area contributed by atoms with Crippen LogP contribution in [0, 0.1) is 12.8 Å². The topological polar surface area (TPSA) is 40.5 Å². The van der Waals surface area contributed by atoms with E-state index in [1.54, 1.807) is 4.90 Å². The zero-order valence-corrected chi connectivity index (χ0v) is 12.5. The molecular weight excluding hydrogens is 294 g/mol. The van der Waals surface area contributed by atoms with E-state index in [-0.39, 0.29) is 11.8 Å². The Kier molecular flexibility index (Phi) is 3.52. The van der Waals surface area contributed by atoms with Gasteiger partial charge in [-0.05, 0) is 30.5 Å². The SMILES string of the molecule is Cc1ccc(C(=O)N2CC(O)(C(C)C)C2)cc1Br. The van der Waals surface area contributed by atoms with Gasteiger partial charge in [0.15, 0.2) is 0 Å². The largest absolute Gasteiger partial charge is 0.386 e. The molecule has 1 aliphatic heterocycles. The summed E-state index contributed by atoms with van der Waals surface area (Å²) in [5.41, 5.74) is 1.06. The average Bonchev–Trinajstić information content (AvgIpc) is 2.27. The van der Waals surface area contributed by atoms with Crippen LogP contribution in [0.5, 0.6) is 0 Å². The summed E-state index contributed by atoms with van der Waals surface area (Å²) in [5, 5.41) is 10.1. The maximum atomic E-state index is 12.2.